The molecule has 10 aromatic carbocycles. The minimum absolute atomic E-state index is 0.0150. The summed E-state index contributed by atoms with van der Waals surface area (Å²) in [6.07, 6.45) is 0. The number of aliphatic hydroxyl groups is 5. The quantitative estimate of drug-likeness (QED) is 0.0285. The topological polar surface area (TPSA) is 336 Å². The van der Waals surface area contributed by atoms with Crippen LogP contribution in [0.15, 0.2) is 252 Å². The Morgan fingerprint density at radius 3 is 1.12 bits per heavy atom. The summed E-state index contributed by atoms with van der Waals surface area (Å²) < 4.78 is 10.9. The van der Waals surface area contributed by atoms with Gasteiger partial charge in [-0.3, -0.25) is 33.6 Å². The number of aliphatic hydroxyl groups excluding tert-OH is 5. The molecule has 0 saturated heterocycles. The molecule has 20 rings (SSSR count). The SMILES string of the molecule is CC(=O)Nc1ccc2c(c1)C(O)=C(c1ccc3cc(C(C)C)ccc3n1)C2=O.CC(=O)Oc1ccc2c(c1)C(O)=C(c1nc3ccccc3c(Br)c1O)C2=O.CC(C)c1ccc2nc(C3=C(O)c4ccccc4C3=O)ccc2c1.CCOc1ccc2c(c1)C(O)=C(c1ccc3cc(C(C)C)ccc3n1)C2=O.CCSc1ccc2c(c1)C(O)=C(c1ccc3cc(C(C)C)ccc3n1)C2=O. The molecule has 5 aliphatic rings. The van der Waals surface area contributed by atoms with Crippen LogP contribution in [0, 0.1) is 0 Å². The van der Waals surface area contributed by atoms with Crippen molar-refractivity contribution < 1.29 is 73.7 Å². The first kappa shape index (κ1) is 91.0. The lowest BCUT2D eigenvalue weighted by Gasteiger charge is -2.09. The number of para-hydroxylation sites is 1. The van der Waals surface area contributed by atoms with Gasteiger partial charge >= 0.3 is 5.97 Å². The van der Waals surface area contributed by atoms with Crippen molar-refractivity contribution in [3.63, 3.8) is 0 Å². The van der Waals surface area contributed by atoms with Crippen molar-refractivity contribution in [3.8, 4) is 17.2 Å². The summed E-state index contributed by atoms with van der Waals surface area (Å²) in [4.78, 5) is 110. The number of aromatic hydroxyl groups is 1. The first-order valence-corrected chi connectivity index (χ1v) is 45.3. The summed E-state index contributed by atoms with van der Waals surface area (Å²) in [6.45, 7) is 24.3. The number of ether oxygens (including phenoxy) is 2. The lowest BCUT2D eigenvalue weighted by atomic mass is 10.00. The zero-order chi connectivity index (χ0) is 94.4. The van der Waals surface area contributed by atoms with Gasteiger partial charge in [-0.05, 0) is 226 Å². The van der Waals surface area contributed by atoms with Crippen LogP contribution < -0.4 is 14.8 Å². The molecule has 1 amide bonds. The Bertz CT molecular complexity index is 7470. The molecule has 0 bridgehead atoms. The van der Waals surface area contributed by atoms with Gasteiger partial charge in [0.1, 0.15) is 46.0 Å². The summed E-state index contributed by atoms with van der Waals surface area (Å²) in [6, 6.07) is 73.7. The van der Waals surface area contributed by atoms with E-state index in [0.717, 1.165) is 54.3 Å². The number of benzene rings is 10. The Morgan fingerprint density at radius 1 is 0.361 bits per heavy atom. The number of fused-ring (bicyclic) bond motifs is 10. The molecule has 21 nitrogen and oxygen atoms in total. The van der Waals surface area contributed by atoms with Crippen molar-refractivity contribution in [3.05, 3.63) is 353 Å². The van der Waals surface area contributed by atoms with E-state index < -0.39 is 11.8 Å². The molecule has 5 heterocycles. The van der Waals surface area contributed by atoms with E-state index in [2.05, 4.69) is 151 Å². The molecular formula is C110H91BrN6O15S. The highest BCUT2D eigenvalue weighted by Gasteiger charge is 2.39. The molecule has 0 fully saturated rings. The summed E-state index contributed by atoms with van der Waals surface area (Å²) in [5.74, 6) is 0.828. The van der Waals surface area contributed by atoms with E-state index in [0.29, 0.717) is 130 Å². The lowest BCUT2D eigenvalue weighted by molar-refractivity contribution is -0.131. The second-order valence-electron chi connectivity index (χ2n) is 33.7. The number of carbonyl (C=O) groups excluding carboxylic acids is 7. The third-order valence-electron chi connectivity index (χ3n) is 23.5. The van der Waals surface area contributed by atoms with Crippen molar-refractivity contribution in [1.29, 1.82) is 0 Å². The molecule has 0 radical (unpaired) electrons. The molecule has 7 N–H and O–H groups in total. The van der Waals surface area contributed by atoms with Crippen LogP contribution in [0.3, 0.4) is 0 Å². The highest BCUT2D eigenvalue weighted by Crippen LogP contribution is 2.47. The second kappa shape index (κ2) is 37.6. The molecule has 0 spiro atoms. The van der Waals surface area contributed by atoms with E-state index in [9.17, 15) is 64.2 Å². The van der Waals surface area contributed by atoms with Crippen LogP contribution in [0.5, 0.6) is 17.2 Å². The molecule has 0 saturated carbocycles. The van der Waals surface area contributed by atoms with Crippen LogP contribution in [0.1, 0.15) is 237 Å². The Hall–Kier alpha value is -15.3. The van der Waals surface area contributed by atoms with Crippen molar-refractivity contribution in [2.45, 2.75) is 112 Å². The number of rotatable bonds is 15. The van der Waals surface area contributed by atoms with Crippen LogP contribution in [0.25, 0.3) is 111 Å². The fraction of sp³-hybridized carbons (Fsp3) is 0.164. The van der Waals surface area contributed by atoms with E-state index in [4.69, 9.17) is 9.47 Å². The Morgan fingerprint density at radius 2 is 0.714 bits per heavy atom. The van der Waals surface area contributed by atoms with Crippen LogP contribution in [0.4, 0.5) is 5.69 Å². The lowest BCUT2D eigenvalue weighted by Crippen LogP contribution is -2.06. The maximum Gasteiger partial charge on any atom is 0.308 e. The monoisotopic (exact) mass is 1850 g/mol. The summed E-state index contributed by atoms with van der Waals surface area (Å²) in [7, 11) is 0. The molecular weight excluding hydrogens is 1760 g/mol. The average molecular weight is 1850 g/mol. The average Bonchev–Trinajstić information content (AvgIpc) is 1.60. The molecule has 5 aliphatic carbocycles. The van der Waals surface area contributed by atoms with Crippen LogP contribution in [-0.2, 0) is 9.59 Å². The zero-order valence-electron chi connectivity index (χ0n) is 74.7. The number of pyridine rings is 5. The van der Waals surface area contributed by atoms with Crippen molar-refractivity contribution >= 4 is 185 Å². The number of carbonyl (C=O) groups is 7. The van der Waals surface area contributed by atoms with Gasteiger partial charge in [-0.1, -0.05) is 153 Å². The predicted octanol–water partition coefficient (Wildman–Crippen LogP) is 25.6. The number of thioether (sulfide) groups is 1. The Balaban J connectivity index is 0.000000121. The third kappa shape index (κ3) is 17.9. The number of amides is 1. The smallest absolute Gasteiger partial charge is 0.308 e. The van der Waals surface area contributed by atoms with Crippen molar-refractivity contribution in [2.24, 2.45) is 0 Å². The maximum absolute atomic E-state index is 12.9. The summed E-state index contributed by atoms with van der Waals surface area (Å²) in [5.41, 5.74) is 16.6. The first-order valence-electron chi connectivity index (χ1n) is 43.5. The molecule has 15 aromatic rings. The number of allylic oxidation sites excluding steroid dienone is 5. The number of Topliss-reactive ketones (excluding diaryl/α,β-unsaturated/α-hetero) is 5. The first-order chi connectivity index (χ1) is 63.8. The highest BCUT2D eigenvalue weighted by atomic mass is 79.9. The van der Waals surface area contributed by atoms with Gasteiger partial charge in [-0.15, -0.1) is 11.8 Å². The van der Waals surface area contributed by atoms with Gasteiger partial charge in [-0.2, -0.15) is 0 Å². The van der Waals surface area contributed by atoms with Crippen molar-refractivity contribution in [1.82, 2.24) is 24.9 Å². The Labute approximate surface area is 778 Å². The number of hydrogen-bond donors (Lipinski definition) is 7. The number of aromatic nitrogens is 5. The fourth-order valence-corrected chi connectivity index (χ4v) is 17.8. The van der Waals surface area contributed by atoms with Crippen LogP contribution in [-0.4, -0.2) is 109 Å². The number of nitrogens with one attached hydrogen (secondary N) is 1. The molecule has 0 unspecified atom stereocenters. The van der Waals surface area contributed by atoms with Gasteiger partial charge in [0.15, 0.2) is 34.7 Å². The van der Waals surface area contributed by atoms with E-state index in [1.54, 1.807) is 109 Å². The zero-order valence-corrected chi connectivity index (χ0v) is 77.1. The Kier molecular flexibility index (Phi) is 25.7. The number of ketones is 5. The highest BCUT2D eigenvalue weighted by molar-refractivity contribution is 9.10. The van der Waals surface area contributed by atoms with Gasteiger partial charge in [0.05, 0.1) is 89.3 Å². The van der Waals surface area contributed by atoms with Crippen LogP contribution >= 0.6 is 27.7 Å². The third-order valence-corrected chi connectivity index (χ3v) is 25.2. The van der Waals surface area contributed by atoms with Crippen LogP contribution in [0.2, 0.25) is 0 Å². The van der Waals surface area contributed by atoms with E-state index in [-0.39, 0.29) is 108 Å². The number of anilines is 1. The molecule has 133 heavy (non-hydrogen) atoms. The van der Waals surface area contributed by atoms with Gasteiger partial charge < -0.3 is 45.4 Å². The molecule has 0 atom stereocenters. The number of halogens is 1. The van der Waals surface area contributed by atoms with Gasteiger partial charge in [0.25, 0.3) is 0 Å². The van der Waals surface area contributed by atoms with Gasteiger partial charge in [-0.25, -0.2) is 24.9 Å². The normalized spacial score (nSPS) is 13.5. The minimum Gasteiger partial charge on any atom is -0.506 e. The molecule has 0 aliphatic heterocycles. The van der Waals surface area contributed by atoms with Gasteiger partial charge in [0.2, 0.25) is 5.91 Å². The largest absolute Gasteiger partial charge is 0.506 e. The molecule has 5 aromatic heterocycles. The molecule has 664 valence electrons. The molecule has 23 heteroatoms. The van der Waals surface area contributed by atoms with Crippen molar-refractivity contribution in [2.75, 3.05) is 17.7 Å². The van der Waals surface area contributed by atoms with E-state index in [1.807, 2.05) is 91.9 Å². The second-order valence-corrected chi connectivity index (χ2v) is 35.8. The summed E-state index contributed by atoms with van der Waals surface area (Å²) >= 11 is 5.02. The number of hydrogen-bond acceptors (Lipinski definition) is 21. The fourth-order valence-electron chi connectivity index (χ4n) is 16.6. The van der Waals surface area contributed by atoms with Gasteiger partial charge in [0, 0.05) is 107 Å². The van der Waals surface area contributed by atoms with E-state index >= 15 is 0 Å². The number of nitrogens with zero attached hydrogens (tertiary/aromatic N) is 5. The maximum atomic E-state index is 12.9. The standard InChI is InChI=1S/C23H20N2O3.C23H21NO3.C23H21NO2S.C21H17NO2.C20H12BrNO5/c1-12(2)14-4-8-19-15(10-14)5-9-20(25-19)21-22(27)17-7-6-16(24-13(3)26)11-18(17)23(21)28;2*1-4-27-16-7-8-17-18(12-16)23(26)21(22(17)25)20-10-6-15-11-14(13(2)3)5-9-19(15)24-20;1-12(2)13-7-9-17-14(11-13)8-10-18(22-17)19-20(23)15-5-3-4-6-16(15)21(19)24;1-9(23)27-10-6-7-11-13(8-10)19(25)15(18(11)24)17-20(26)16(21)12-4-2-3-5-14(12)22-17/h4-12,28H,1-3H3,(H,24,26);2*5-13,26H,4H2,1-3H3;3-12,23H,1-2H3;2-8,25-26H,1H3. The summed E-state index contributed by atoms with van der Waals surface area (Å²) in [5, 5.41) is 71.3. The predicted molar refractivity (Wildman–Crippen MR) is 529 cm³/mol. The minimum atomic E-state index is -0.513. The number of esters is 1. The van der Waals surface area contributed by atoms with E-state index in [1.165, 1.54) is 54.3 Å².